The van der Waals surface area contributed by atoms with E-state index in [0.717, 1.165) is 23.0 Å². The summed E-state index contributed by atoms with van der Waals surface area (Å²) in [4.78, 5) is 0. The highest BCUT2D eigenvalue weighted by Crippen LogP contribution is 2.35. The molecule has 0 saturated heterocycles. The molecule has 1 aromatic heterocycles. The van der Waals surface area contributed by atoms with E-state index in [1.54, 1.807) is 0 Å². The fourth-order valence-corrected chi connectivity index (χ4v) is 4.59. The zero-order valence-electron chi connectivity index (χ0n) is 18.8. The predicted molar refractivity (Wildman–Crippen MR) is 144 cm³/mol. The SMILES string of the molecule is C(=C\c1cccc2oc3ccc(-c4ccc(-c5ccccc5)cc4)cc3c12)/Cc1ccccc1. The van der Waals surface area contributed by atoms with Gasteiger partial charge >= 0.3 is 0 Å². The first-order valence-electron chi connectivity index (χ1n) is 11.7. The van der Waals surface area contributed by atoms with Crippen molar-refractivity contribution in [2.75, 3.05) is 0 Å². The molecule has 0 bridgehead atoms. The fourth-order valence-electron chi connectivity index (χ4n) is 4.59. The Bertz CT molecular complexity index is 1590. The second kappa shape index (κ2) is 8.88. The van der Waals surface area contributed by atoms with Gasteiger partial charge in [0.2, 0.25) is 0 Å². The number of allylic oxidation sites excluding steroid dienone is 1. The Hall–Kier alpha value is -4.36. The van der Waals surface area contributed by atoms with E-state index in [-0.39, 0.29) is 0 Å². The molecule has 162 valence electrons. The van der Waals surface area contributed by atoms with Crippen molar-refractivity contribution >= 4 is 28.0 Å². The Labute approximate surface area is 199 Å². The number of hydrogen-bond acceptors (Lipinski definition) is 1. The third kappa shape index (κ3) is 3.93. The van der Waals surface area contributed by atoms with Crippen molar-refractivity contribution in [1.82, 2.24) is 0 Å². The highest BCUT2D eigenvalue weighted by Gasteiger charge is 2.11. The average molecular weight is 437 g/mol. The molecule has 1 heterocycles. The van der Waals surface area contributed by atoms with Crippen molar-refractivity contribution in [3.8, 4) is 22.3 Å². The molecule has 34 heavy (non-hydrogen) atoms. The summed E-state index contributed by atoms with van der Waals surface area (Å²) < 4.78 is 6.19. The summed E-state index contributed by atoms with van der Waals surface area (Å²) in [6, 6.07) is 42.6. The van der Waals surface area contributed by atoms with Crippen LogP contribution in [0.4, 0.5) is 0 Å². The number of benzene rings is 5. The molecule has 0 spiro atoms. The highest BCUT2D eigenvalue weighted by molar-refractivity contribution is 6.10. The molecule has 0 saturated carbocycles. The quantitative estimate of drug-likeness (QED) is 0.262. The molecule has 0 aliphatic carbocycles. The van der Waals surface area contributed by atoms with Gasteiger partial charge in [-0.25, -0.2) is 0 Å². The summed E-state index contributed by atoms with van der Waals surface area (Å²) in [6.45, 7) is 0. The molecule has 0 unspecified atom stereocenters. The zero-order chi connectivity index (χ0) is 22.7. The van der Waals surface area contributed by atoms with Crippen LogP contribution >= 0.6 is 0 Å². The molecule has 0 amide bonds. The van der Waals surface area contributed by atoms with Crippen molar-refractivity contribution in [3.05, 3.63) is 139 Å². The minimum atomic E-state index is 0.909. The maximum atomic E-state index is 6.19. The lowest BCUT2D eigenvalue weighted by Crippen LogP contribution is -1.81. The monoisotopic (exact) mass is 436 g/mol. The van der Waals surface area contributed by atoms with Gasteiger partial charge in [-0.05, 0) is 58.0 Å². The number of hydrogen-bond donors (Lipinski definition) is 0. The van der Waals surface area contributed by atoms with Crippen molar-refractivity contribution in [3.63, 3.8) is 0 Å². The van der Waals surface area contributed by atoms with Gasteiger partial charge in [-0.15, -0.1) is 0 Å². The molecule has 0 aliphatic heterocycles. The second-order valence-electron chi connectivity index (χ2n) is 8.57. The Balaban J connectivity index is 1.37. The van der Waals surface area contributed by atoms with Crippen LogP contribution in [0.5, 0.6) is 0 Å². The van der Waals surface area contributed by atoms with Gasteiger partial charge in [-0.1, -0.05) is 115 Å². The van der Waals surface area contributed by atoms with Gasteiger partial charge < -0.3 is 4.42 Å². The molecular weight excluding hydrogens is 412 g/mol. The Morgan fingerprint density at radius 1 is 0.529 bits per heavy atom. The lowest BCUT2D eigenvalue weighted by atomic mass is 9.98. The van der Waals surface area contributed by atoms with Crippen LogP contribution in [0.3, 0.4) is 0 Å². The van der Waals surface area contributed by atoms with Gasteiger partial charge in [0.15, 0.2) is 0 Å². The Kier molecular flexibility index (Phi) is 5.29. The lowest BCUT2D eigenvalue weighted by molar-refractivity contribution is 0.669. The molecule has 0 radical (unpaired) electrons. The van der Waals surface area contributed by atoms with Crippen LogP contribution in [0.1, 0.15) is 11.1 Å². The van der Waals surface area contributed by atoms with Gasteiger partial charge in [0.05, 0.1) is 0 Å². The van der Waals surface area contributed by atoms with Crippen LogP contribution in [0.25, 0.3) is 50.3 Å². The van der Waals surface area contributed by atoms with Gasteiger partial charge in [0.25, 0.3) is 0 Å². The molecule has 0 aliphatic rings. The minimum Gasteiger partial charge on any atom is -0.456 e. The van der Waals surface area contributed by atoms with Crippen molar-refractivity contribution in [2.45, 2.75) is 6.42 Å². The summed E-state index contributed by atoms with van der Waals surface area (Å²) in [5, 5.41) is 2.32. The summed E-state index contributed by atoms with van der Waals surface area (Å²) in [5.74, 6) is 0. The van der Waals surface area contributed by atoms with Gasteiger partial charge in [0.1, 0.15) is 11.2 Å². The molecule has 0 fully saturated rings. The number of fused-ring (bicyclic) bond motifs is 3. The van der Waals surface area contributed by atoms with E-state index in [0.29, 0.717) is 0 Å². The first-order valence-corrected chi connectivity index (χ1v) is 11.7. The van der Waals surface area contributed by atoms with Crippen LogP contribution in [0, 0.1) is 0 Å². The van der Waals surface area contributed by atoms with Crippen LogP contribution in [-0.4, -0.2) is 0 Å². The normalized spacial score (nSPS) is 11.5. The third-order valence-corrected chi connectivity index (χ3v) is 6.35. The summed E-state index contributed by atoms with van der Waals surface area (Å²) >= 11 is 0. The van der Waals surface area contributed by atoms with E-state index >= 15 is 0 Å². The third-order valence-electron chi connectivity index (χ3n) is 6.35. The second-order valence-corrected chi connectivity index (χ2v) is 8.57. The van der Waals surface area contributed by atoms with Crippen molar-refractivity contribution in [1.29, 1.82) is 0 Å². The maximum Gasteiger partial charge on any atom is 0.136 e. The molecule has 0 atom stereocenters. The molecule has 0 N–H and O–H groups in total. The van der Waals surface area contributed by atoms with E-state index in [2.05, 4.69) is 127 Å². The first-order chi connectivity index (χ1) is 16.8. The molecule has 1 heteroatoms. The van der Waals surface area contributed by atoms with Crippen LogP contribution in [-0.2, 0) is 6.42 Å². The van der Waals surface area contributed by atoms with Gasteiger partial charge in [-0.3, -0.25) is 0 Å². The van der Waals surface area contributed by atoms with E-state index < -0.39 is 0 Å². The molecule has 6 aromatic rings. The largest absolute Gasteiger partial charge is 0.456 e. The van der Waals surface area contributed by atoms with E-state index in [1.807, 2.05) is 6.07 Å². The van der Waals surface area contributed by atoms with Crippen LogP contribution in [0.15, 0.2) is 132 Å². The van der Waals surface area contributed by atoms with E-state index in [1.165, 1.54) is 38.8 Å². The molecule has 6 rings (SSSR count). The maximum absolute atomic E-state index is 6.19. The van der Waals surface area contributed by atoms with Gasteiger partial charge in [0, 0.05) is 10.8 Å². The van der Waals surface area contributed by atoms with Crippen LogP contribution in [0.2, 0.25) is 0 Å². The van der Waals surface area contributed by atoms with Crippen molar-refractivity contribution in [2.24, 2.45) is 0 Å². The van der Waals surface area contributed by atoms with Gasteiger partial charge in [-0.2, -0.15) is 0 Å². The predicted octanol–water partition coefficient (Wildman–Crippen LogP) is 9.18. The van der Waals surface area contributed by atoms with E-state index in [9.17, 15) is 0 Å². The van der Waals surface area contributed by atoms with Crippen LogP contribution < -0.4 is 0 Å². The average Bonchev–Trinajstić information content (AvgIpc) is 3.29. The topological polar surface area (TPSA) is 13.1 Å². The first kappa shape index (κ1) is 20.3. The fraction of sp³-hybridized carbons (Fsp3) is 0.0303. The minimum absolute atomic E-state index is 0.909. The smallest absolute Gasteiger partial charge is 0.136 e. The zero-order valence-corrected chi connectivity index (χ0v) is 18.8. The molecule has 1 nitrogen and oxygen atoms in total. The van der Waals surface area contributed by atoms with E-state index in [4.69, 9.17) is 4.42 Å². The standard InChI is InChI=1S/C33H24O/c1-3-9-24(10-4-1)11-7-14-28-15-8-16-32-33(28)30-23-29(21-22-31(30)34-32)27-19-17-26(18-20-27)25-12-5-2-6-13-25/h1-10,12-23H,11H2/b14-7+. The summed E-state index contributed by atoms with van der Waals surface area (Å²) in [6.07, 6.45) is 5.35. The summed E-state index contributed by atoms with van der Waals surface area (Å²) in [7, 11) is 0. The lowest BCUT2D eigenvalue weighted by Gasteiger charge is -2.05. The summed E-state index contributed by atoms with van der Waals surface area (Å²) in [5.41, 5.74) is 9.19. The van der Waals surface area contributed by atoms with Crippen molar-refractivity contribution < 1.29 is 4.42 Å². The highest BCUT2D eigenvalue weighted by atomic mass is 16.3. The number of rotatable bonds is 5. The Morgan fingerprint density at radius 2 is 1.18 bits per heavy atom. The number of furan rings is 1. The Morgan fingerprint density at radius 3 is 1.94 bits per heavy atom. The molecular formula is C33H24O. The molecule has 5 aromatic carbocycles.